The van der Waals surface area contributed by atoms with Crippen LogP contribution < -0.4 is 9.46 Å². The monoisotopic (exact) mass is 331 g/mol. The number of hydrogen-bond acceptors (Lipinski definition) is 6. The first-order chi connectivity index (χ1) is 11.1. The molecule has 8 nitrogen and oxygen atoms in total. The van der Waals surface area contributed by atoms with Crippen molar-refractivity contribution < 1.29 is 13.2 Å². The maximum atomic E-state index is 12.3. The van der Waals surface area contributed by atoms with E-state index in [0.29, 0.717) is 17.1 Å². The summed E-state index contributed by atoms with van der Waals surface area (Å²) in [6.45, 7) is 0. The average Bonchev–Trinajstić information content (AvgIpc) is 3.09. The molecule has 0 saturated carbocycles. The van der Waals surface area contributed by atoms with Crippen molar-refractivity contribution in [2.45, 2.75) is 4.90 Å². The molecule has 0 aliphatic rings. The summed E-state index contributed by atoms with van der Waals surface area (Å²) in [6, 6.07) is 13.0. The average molecular weight is 331 g/mol. The third-order valence-corrected chi connectivity index (χ3v) is 4.48. The van der Waals surface area contributed by atoms with Crippen molar-refractivity contribution in [2.24, 2.45) is 0 Å². The Kier molecular flexibility index (Phi) is 3.94. The van der Waals surface area contributed by atoms with Crippen LogP contribution in [-0.2, 0) is 10.0 Å². The van der Waals surface area contributed by atoms with E-state index < -0.39 is 10.0 Å². The first kappa shape index (κ1) is 15.0. The predicted molar refractivity (Wildman–Crippen MR) is 83.0 cm³/mol. The number of sulfonamides is 1. The van der Waals surface area contributed by atoms with E-state index >= 15 is 0 Å². The lowest BCUT2D eigenvalue weighted by Crippen LogP contribution is -2.13. The van der Waals surface area contributed by atoms with Crippen LogP contribution in [0.1, 0.15) is 0 Å². The number of nitrogens with one attached hydrogen (secondary N) is 1. The molecule has 0 aliphatic carbocycles. The molecule has 2 aromatic carbocycles. The smallest absolute Gasteiger partial charge is 0.261 e. The van der Waals surface area contributed by atoms with Gasteiger partial charge >= 0.3 is 0 Å². The van der Waals surface area contributed by atoms with Crippen LogP contribution in [0.15, 0.2) is 59.8 Å². The van der Waals surface area contributed by atoms with Crippen molar-refractivity contribution in [2.75, 3.05) is 11.8 Å². The number of ether oxygens (including phenoxy) is 1. The van der Waals surface area contributed by atoms with Gasteiger partial charge in [-0.2, -0.15) is 4.68 Å². The lowest BCUT2D eigenvalue weighted by Gasteiger charge is -2.12. The van der Waals surface area contributed by atoms with Gasteiger partial charge in [-0.15, -0.1) is 5.10 Å². The zero-order valence-corrected chi connectivity index (χ0v) is 12.9. The Hall–Kier alpha value is -2.94. The standard InChI is InChI=1S/C14H13N5O3S/c1-22-14-9-11(7-8-13(14)19-10-15-17-18-19)16-23(20,21)12-5-3-2-4-6-12/h2-10,16H,1H3. The maximum absolute atomic E-state index is 12.3. The van der Waals surface area contributed by atoms with Crippen LogP contribution >= 0.6 is 0 Å². The van der Waals surface area contributed by atoms with E-state index in [1.165, 1.54) is 30.3 Å². The Morgan fingerprint density at radius 2 is 1.91 bits per heavy atom. The molecule has 0 spiro atoms. The molecule has 23 heavy (non-hydrogen) atoms. The van der Waals surface area contributed by atoms with Crippen molar-refractivity contribution in [3.05, 3.63) is 54.9 Å². The summed E-state index contributed by atoms with van der Waals surface area (Å²) >= 11 is 0. The number of nitrogens with zero attached hydrogens (tertiary/aromatic N) is 4. The Balaban J connectivity index is 1.93. The van der Waals surface area contributed by atoms with Gasteiger partial charge in [-0.25, -0.2) is 8.42 Å². The number of tetrazole rings is 1. The molecule has 0 fully saturated rings. The number of aromatic nitrogens is 4. The van der Waals surface area contributed by atoms with Gasteiger partial charge in [0.1, 0.15) is 17.8 Å². The van der Waals surface area contributed by atoms with Gasteiger partial charge in [0.15, 0.2) is 0 Å². The SMILES string of the molecule is COc1cc(NS(=O)(=O)c2ccccc2)ccc1-n1cnnn1. The van der Waals surface area contributed by atoms with E-state index in [-0.39, 0.29) is 4.90 Å². The molecular formula is C14H13N5O3S. The molecule has 1 N–H and O–H groups in total. The number of benzene rings is 2. The largest absolute Gasteiger partial charge is 0.494 e. The molecule has 0 amide bonds. The Bertz CT molecular complexity index is 895. The van der Waals surface area contributed by atoms with Crippen molar-refractivity contribution >= 4 is 15.7 Å². The van der Waals surface area contributed by atoms with Crippen molar-refractivity contribution in [3.63, 3.8) is 0 Å². The summed E-state index contributed by atoms with van der Waals surface area (Å²) in [6.07, 6.45) is 1.42. The molecule has 0 unspecified atom stereocenters. The van der Waals surface area contributed by atoms with Crippen LogP contribution in [0.5, 0.6) is 5.75 Å². The molecule has 0 saturated heterocycles. The summed E-state index contributed by atoms with van der Waals surface area (Å²) in [5.74, 6) is 0.436. The zero-order chi connectivity index (χ0) is 16.3. The highest BCUT2D eigenvalue weighted by atomic mass is 32.2. The molecule has 0 aliphatic heterocycles. The van der Waals surface area contributed by atoms with Crippen molar-refractivity contribution in [3.8, 4) is 11.4 Å². The first-order valence-electron chi connectivity index (χ1n) is 6.59. The molecule has 3 rings (SSSR count). The fraction of sp³-hybridized carbons (Fsp3) is 0.0714. The van der Waals surface area contributed by atoms with E-state index in [0.717, 1.165) is 0 Å². The molecule has 0 atom stereocenters. The van der Waals surface area contributed by atoms with Gasteiger partial charge in [-0.3, -0.25) is 4.72 Å². The molecule has 9 heteroatoms. The minimum Gasteiger partial charge on any atom is -0.494 e. The summed E-state index contributed by atoms with van der Waals surface area (Å²) in [5, 5.41) is 10.9. The predicted octanol–water partition coefficient (Wildman–Crippen LogP) is 1.47. The van der Waals surface area contributed by atoms with Crippen LogP contribution in [-0.4, -0.2) is 35.7 Å². The highest BCUT2D eigenvalue weighted by Crippen LogP contribution is 2.27. The molecule has 0 bridgehead atoms. The number of rotatable bonds is 5. The Morgan fingerprint density at radius 1 is 1.13 bits per heavy atom. The zero-order valence-electron chi connectivity index (χ0n) is 12.1. The Morgan fingerprint density at radius 3 is 2.57 bits per heavy atom. The van der Waals surface area contributed by atoms with Crippen LogP contribution in [0.4, 0.5) is 5.69 Å². The normalized spacial score (nSPS) is 11.2. The fourth-order valence-corrected chi connectivity index (χ4v) is 3.09. The summed E-state index contributed by atoms with van der Waals surface area (Å²) in [4.78, 5) is 0.184. The van der Waals surface area contributed by atoms with Gasteiger partial charge in [0, 0.05) is 6.07 Å². The second-order valence-corrected chi connectivity index (χ2v) is 6.24. The third-order valence-electron chi connectivity index (χ3n) is 3.08. The quantitative estimate of drug-likeness (QED) is 0.760. The van der Waals surface area contributed by atoms with Crippen LogP contribution in [0.2, 0.25) is 0 Å². The summed E-state index contributed by atoms with van der Waals surface area (Å²) in [5.41, 5.74) is 0.975. The summed E-state index contributed by atoms with van der Waals surface area (Å²) < 4.78 is 33.9. The van der Waals surface area contributed by atoms with E-state index in [9.17, 15) is 8.42 Å². The van der Waals surface area contributed by atoms with Gasteiger partial charge in [0.25, 0.3) is 10.0 Å². The van der Waals surface area contributed by atoms with Gasteiger partial charge in [0.2, 0.25) is 0 Å². The molecule has 1 aromatic heterocycles. The number of anilines is 1. The number of methoxy groups -OCH3 is 1. The minimum atomic E-state index is -3.66. The minimum absolute atomic E-state index is 0.184. The first-order valence-corrected chi connectivity index (χ1v) is 8.08. The third kappa shape index (κ3) is 3.14. The molecule has 0 radical (unpaired) electrons. The Labute approximate surface area is 132 Å². The van der Waals surface area contributed by atoms with E-state index in [2.05, 4.69) is 20.2 Å². The van der Waals surface area contributed by atoms with E-state index in [1.807, 2.05) is 0 Å². The second-order valence-electron chi connectivity index (χ2n) is 4.56. The molecular weight excluding hydrogens is 318 g/mol. The lowest BCUT2D eigenvalue weighted by molar-refractivity contribution is 0.411. The molecule has 118 valence electrons. The van der Waals surface area contributed by atoms with Gasteiger partial charge in [-0.1, -0.05) is 18.2 Å². The maximum Gasteiger partial charge on any atom is 0.261 e. The van der Waals surface area contributed by atoms with E-state index in [1.54, 1.807) is 36.4 Å². The lowest BCUT2D eigenvalue weighted by atomic mass is 10.2. The van der Waals surface area contributed by atoms with Crippen LogP contribution in [0.25, 0.3) is 5.69 Å². The summed E-state index contributed by atoms with van der Waals surface area (Å²) in [7, 11) is -2.17. The van der Waals surface area contributed by atoms with Crippen LogP contribution in [0.3, 0.4) is 0 Å². The van der Waals surface area contributed by atoms with Crippen molar-refractivity contribution in [1.82, 2.24) is 20.2 Å². The van der Waals surface area contributed by atoms with Gasteiger partial charge in [-0.05, 0) is 34.7 Å². The van der Waals surface area contributed by atoms with Crippen LogP contribution in [0, 0.1) is 0 Å². The number of hydrogen-bond donors (Lipinski definition) is 1. The molecule has 1 heterocycles. The fourth-order valence-electron chi connectivity index (χ4n) is 2.02. The van der Waals surface area contributed by atoms with Gasteiger partial charge in [0.05, 0.1) is 17.7 Å². The highest BCUT2D eigenvalue weighted by Gasteiger charge is 2.15. The molecule has 3 aromatic rings. The van der Waals surface area contributed by atoms with E-state index in [4.69, 9.17) is 4.74 Å². The topological polar surface area (TPSA) is 99.0 Å². The second kappa shape index (κ2) is 6.05. The highest BCUT2D eigenvalue weighted by molar-refractivity contribution is 7.92. The van der Waals surface area contributed by atoms with Crippen molar-refractivity contribution in [1.29, 1.82) is 0 Å². The van der Waals surface area contributed by atoms with Gasteiger partial charge < -0.3 is 4.74 Å².